The third-order valence-electron chi connectivity index (χ3n) is 5.92. The number of hydrogen-bond acceptors (Lipinski definition) is 3. The van der Waals surface area contributed by atoms with Crippen LogP contribution in [0.1, 0.15) is 36.0 Å². The van der Waals surface area contributed by atoms with Crippen molar-refractivity contribution in [1.82, 2.24) is 4.90 Å². The Bertz CT molecular complexity index is 714. The summed E-state index contributed by atoms with van der Waals surface area (Å²) < 4.78 is 5.65. The molecule has 0 bridgehead atoms. The second-order valence-electron chi connectivity index (χ2n) is 7.81. The van der Waals surface area contributed by atoms with E-state index in [1.54, 1.807) is 7.11 Å². The number of ether oxygens (including phenoxy) is 1. The number of fused-ring (bicyclic) bond motifs is 1. The number of thiol groups is 1. The van der Waals surface area contributed by atoms with Crippen LogP contribution < -0.4 is 4.74 Å². The smallest absolute Gasteiger partial charge is 0.122 e. The Morgan fingerprint density at radius 2 is 1.88 bits per heavy atom. The van der Waals surface area contributed by atoms with E-state index in [1.807, 2.05) is 0 Å². The van der Waals surface area contributed by atoms with Crippen LogP contribution in [0.4, 0.5) is 0 Å². The molecule has 0 radical (unpaired) electrons. The predicted molar refractivity (Wildman–Crippen MR) is 111 cm³/mol. The number of aryl methyl sites for hydroxylation is 1. The Balaban J connectivity index is 1.53. The summed E-state index contributed by atoms with van der Waals surface area (Å²) >= 11 is 5.06. The number of rotatable bonds is 7. The topological polar surface area (TPSA) is 12.5 Å². The molecule has 0 N–H and O–H groups in total. The first-order valence-electron chi connectivity index (χ1n) is 9.87. The van der Waals surface area contributed by atoms with Crippen LogP contribution in [0.2, 0.25) is 0 Å². The first-order chi connectivity index (χ1) is 12.7. The molecule has 2 atom stereocenters. The zero-order valence-corrected chi connectivity index (χ0v) is 16.5. The van der Waals surface area contributed by atoms with E-state index in [2.05, 4.69) is 53.4 Å². The van der Waals surface area contributed by atoms with Crippen LogP contribution >= 0.6 is 12.6 Å². The van der Waals surface area contributed by atoms with E-state index in [0.717, 1.165) is 30.9 Å². The van der Waals surface area contributed by atoms with E-state index in [0.29, 0.717) is 6.04 Å². The molecule has 138 valence electrons. The molecule has 3 heteroatoms. The maximum atomic E-state index is 5.65. The van der Waals surface area contributed by atoms with Crippen LogP contribution in [-0.2, 0) is 19.3 Å². The molecule has 26 heavy (non-hydrogen) atoms. The van der Waals surface area contributed by atoms with Gasteiger partial charge in [-0.25, -0.2) is 0 Å². The summed E-state index contributed by atoms with van der Waals surface area (Å²) in [6.45, 7) is 1.19. The average Bonchev–Trinajstić information content (AvgIpc) is 3.50. The highest BCUT2D eigenvalue weighted by atomic mass is 32.1. The standard InChI is InChI=1S/C23H29NOS/c1-25-22-9-5-8-19-12-13-20(15-21(19)22)24(16-18-10-11-18)23(26)14-17-6-3-2-4-7-17/h2-9,18,20,23,26H,10-16H2,1H3. The molecule has 2 aliphatic rings. The van der Waals surface area contributed by atoms with Gasteiger partial charge in [0.1, 0.15) is 5.75 Å². The minimum atomic E-state index is 0.277. The van der Waals surface area contributed by atoms with Crippen LogP contribution in [0.15, 0.2) is 48.5 Å². The summed E-state index contributed by atoms with van der Waals surface area (Å²) in [7, 11) is 1.79. The lowest BCUT2D eigenvalue weighted by Crippen LogP contribution is -2.45. The zero-order valence-electron chi connectivity index (χ0n) is 15.6. The van der Waals surface area contributed by atoms with Crippen LogP contribution in [0.5, 0.6) is 5.75 Å². The fraction of sp³-hybridized carbons (Fsp3) is 0.478. The molecule has 0 spiro atoms. The molecule has 0 heterocycles. The van der Waals surface area contributed by atoms with Crippen molar-refractivity contribution in [3.05, 3.63) is 65.2 Å². The Hall–Kier alpha value is -1.45. The summed E-state index contributed by atoms with van der Waals surface area (Å²) in [6.07, 6.45) is 7.22. The van der Waals surface area contributed by atoms with Gasteiger partial charge in [0.05, 0.1) is 12.5 Å². The van der Waals surface area contributed by atoms with Crippen molar-refractivity contribution >= 4 is 12.6 Å². The van der Waals surface area contributed by atoms with Crippen molar-refractivity contribution in [3.63, 3.8) is 0 Å². The highest BCUT2D eigenvalue weighted by molar-refractivity contribution is 7.80. The van der Waals surface area contributed by atoms with E-state index in [-0.39, 0.29) is 5.37 Å². The molecule has 1 fully saturated rings. The Morgan fingerprint density at radius 1 is 1.08 bits per heavy atom. The maximum Gasteiger partial charge on any atom is 0.122 e. The molecule has 2 unspecified atom stereocenters. The number of methoxy groups -OCH3 is 1. The van der Waals surface area contributed by atoms with Crippen molar-refractivity contribution < 1.29 is 4.74 Å². The van der Waals surface area contributed by atoms with E-state index in [9.17, 15) is 0 Å². The molecule has 0 amide bonds. The fourth-order valence-corrected chi connectivity index (χ4v) is 4.76. The summed E-state index contributed by atoms with van der Waals surface area (Å²) in [5.41, 5.74) is 4.25. The minimum Gasteiger partial charge on any atom is -0.496 e. The van der Waals surface area contributed by atoms with Crippen molar-refractivity contribution in [3.8, 4) is 5.75 Å². The largest absolute Gasteiger partial charge is 0.496 e. The second kappa shape index (κ2) is 8.06. The second-order valence-corrected chi connectivity index (χ2v) is 8.40. The highest BCUT2D eigenvalue weighted by Crippen LogP contribution is 2.36. The highest BCUT2D eigenvalue weighted by Gasteiger charge is 2.33. The Kier molecular flexibility index (Phi) is 5.56. The van der Waals surface area contributed by atoms with Gasteiger partial charge in [0.15, 0.2) is 0 Å². The van der Waals surface area contributed by atoms with Gasteiger partial charge in [-0.3, -0.25) is 4.90 Å². The first kappa shape index (κ1) is 17.9. The lowest BCUT2D eigenvalue weighted by atomic mass is 9.86. The predicted octanol–water partition coefficient (Wildman–Crippen LogP) is 4.76. The third kappa shape index (κ3) is 4.10. The molecule has 1 saturated carbocycles. The summed E-state index contributed by atoms with van der Waals surface area (Å²) in [5, 5.41) is 0.277. The van der Waals surface area contributed by atoms with Gasteiger partial charge in [0.25, 0.3) is 0 Å². The normalized spacial score (nSPS) is 20.7. The average molecular weight is 368 g/mol. The van der Waals surface area contributed by atoms with E-state index in [4.69, 9.17) is 17.4 Å². The fourth-order valence-electron chi connectivity index (χ4n) is 4.27. The van der Waals surface area contributed by atoms with E-state index >= 15 is 0 Å². The molecule has 0 aromatic heterocycles. The lowest BCUT2D eigenvalue weighted by Gasteiger charge is -2.39. The molecule has 4 rings (SSSR count). The molecule has 2 nitrogen and oxygen atoms in total. The quantitative estimate of drug-likeness (QED) is 0.559. The van der Waals surface area contributed by atoms with Crippen molar-refractivity contribution in [2.45, 2.75) is 49.9 Å². The number of benzene rings is 2. The summed E-state index contributed by atoms with van der Waals surface area (Å²) in [5.74, 6) is 1.93. The van der Waals surface area contributed by atoms with Crippen molar-refractivity contribution in [2.75, 3.05) is 13.7 Å². The van der Waals surface area contributed by atoms with Crippen molar-refractivity contribution in [2.24, 2.45) is 5.92 Å². The van der Waals surface area contributed by atoms with Gasteiger partial charge in [0.2, 0.25) is 0 Å². The summed E-state index contributed by atoms with van der Waals surface area (Å²) in [4.78, 5) is 2.68. The van der Waals surface area contributed by atoms with E-state index in [1.165, 1.54) is 42.5 Å². The van der Waals surface area contributed by atoms with Gasteiger partial charge in [-0.2, -0.15) is 12.6 Å². The van der Waals surface area contributed by atoms with Crippen LogP contribution in [0.3, 0.4) is 0 Å². The van der Waals surface area contributed by atoms with Gasteiger partial charge >= 0.3 is 0 Å². The molecular formula is C23H29NOS. The molecular weight excluding hydrogens is 338 g/mol. The van der Waals surface area contributed by atoms with Crippen LogP contribution in [0, 0.1) is 5.92 Å². The van der Waals surface area contributed by atoms with Crippen LogP contribution in [0.25, 0.3) is 0 Å². The first-order valence-corrected chi connectivity index (χ1v) is 10.4. The van der Waals surface area contributed by atoms with Gasteiger partial charge in [-0.05, 0) is 67.2 Å². The molecule has 0 aliphatic heterocycles. The van der Waals surface area contributed by atoms with Gasteiger partial charge in [-0.15, -0.1) is 0 Å². The number of nitrogens with zero attached hydrogens (tertiary/aromatic N) is 1. The minimum absolute atomic E-state index is 0.277. The molecule has 0 saturated heterocycles. The monoisotopic (exact) mass is 367 g/mol. The van der Waals surface area contributed by atoms with E-state index < -0.39 is 0 Å². The zero-order chi connectivity index (χ0) is 17.9. The third-order valence-corrected chi connectivity index (χ3v) is 6.39. The number of hydrogen-bond donors (Lipinski definition) is 1. The lowest BCUT2D eigenvalue weighted by molar-refractivity contribution is 0.157. The molecule has 2 aromatic carbocycles. The van der Waals surface area contributed by atoms with Crippen molar-refractivity contribution in [1.29, 1.82) is 0 Å². The maximum absolute atomic E-state index is 5.65. The molecule has 2 aromatic rings. The van der Waals surface area contributed by atoms with Crippen LogP contribution in [-0.4, -0.2) is 30.0 Å². The SMILES string of the molecule is COc1cccc2c1CC(N(CC1CC1)C(S)Cc1ccccc1)CC2. The summed E-state index contributed by atoms with van der Waals surface area (Å²) in [6, 6.07) is 17.8. The van der Waals surface area contributed by atoms with Gasteiger partial charge < -0.3 is 4.74 Å². The van der Waals surface area contributed by atoms with Gasteiger partial charge in [-0.1, -0.05) is 42.5 Å². The Labute approximate surface area is 163 Å². The molecule has 2 aliphatic carbocycles. The Morgan fingerprint density at radius 3 is 2.62 bits per heavy atom. The van der Waals surface area contributed by atoms with Gasteiger partial charge in [0, 0.05) is 12.6 Å².